The molecule has 2 heterocycles. The van der Waals surface area contributed by atoms with Gasteiger partial charge in [-0.3, -0.25) is 9.59 Å². The fourth-order valence-electron chi connectivity index (χ4n) is 4.82. The summed E-state index contributed by atoms with van der Waals surface area (Å²) in [4.78, 5) is 52.0. The number of aryl methyl sites for hydroxylation is 2. The van der Waals surface area contributed by atoms with Crippen LogP contribution in [0, 0.1) is 6.92 Å². The highest BCUT2D eigenvalue weighted by Gasteiger charge is 2.34. The Morgan fingerprint density at radius 3 is 2.24 bits per heavy atom. The number of esters is 1. The first-order chi connectivity index (χ1) is 18.3. The number of rotatable bonds is 7. The van der Waals surface area contributed by atoms with Gasteiger partial charge in [-0.2, -0.15) is 0 Å². The molecule has 0 aliphatic carbocycles. The van der Waals surface area contributed by atoms with Crippen LogP contribution >= 0.6 is 0 Å². The molecule has 2 aromatic carbocycles. The van der Waals surface area contributed by atoms with Crippen LogP contribution in [0.25, 0.3) is 11.1 Å². The maximum absolute atomic E-state index is 13.6. The maximum Gasteiger partial charge on any atom is 0.342 e. The largest absolute Gasteiger partial charge is 0.462 e. The molecule has 0 bridgehead atoms. The lowest BCUT2D eigenvalue weighted by Crippen LogP contribution is -2.55. The van der Waals surface area contributed by atoms with Gasteiger partial charge in [0.15, 0.2) is 0 Å². The summed E-state index contributed by atoms with van der Waals surface area (Å²) in [5.74, 6) is -0.563. The highest BCUT2D eigenvalue weighted by molar-refractivity contribution is 6.05. The first-order valence-corrected chi connectivity index (χ1v) is 13.1. The first-order valence-electron chi connectivity index (χ1n) is 13.1. The third kappa shape index (κ3) is 5.74. The van der Waals surface area contributed by atoms with E-state index in [9.17, 15) is 14.4 Å². The van der Waals surface area contributed by atoms with Gasteiger partial charge >= 0.3 is 5.97 Å². The van der Waals surface area contributed by atoms with Crippen LogP contribution in [-0.2, 0) is 11.2 Å². The van der Waals surface area contributed by atoms with E-state index in [1.54, 1.807) is 23.6 Å². The summed E-state index contributed by atoms with van der Waals surface area (Å²) in [6.07, 6.45) is 1.31. The van der Waals surface area contributed by atoms with Crippen molar-refractivity contribution >= 4 is 17.8 Å². The molecular formula is C30H34N4O4. The maximum atomic E-state index is 13.6. The lowest BCUT2D eigenvalue weighted by atomic mass is 10.0. The predicted molar refractivity (Wildman–Crippen MR) is 145 cm³/mol. The fourth-order valence-corrected chi connectivity index (χ4v) is 4.82. The highest BCUT2D eigenvalue weighted by Crippen LogP contribution is 2.23. The average Bonchev–Trinajstić information content (AvgIpc) is 2.92. The molecule has 198 valence electrons. The molecule has 1 aliphatic heterocycles. The number of hydrogen-bond donors (Lipinski definition) is 0. The standard InChI is InChI=1S/C30H34N4O4/c1-5-10-25-26(30(37)38-6-2)27(32-21(4)31-25)29(36)33-17-18-34(20(3)19-33)28(35)24-15-13-23(14-16-24)22-11-8-7-9-12-22/h7-9,11-16,20H,5-6,10,17-19H2,1-4H3. The molecule has 1 aromatic heterocycles. The number of carbonyl (C=O) groups excluding carboxylic acids is 3. The van der Waals surface area contributed by atoms with Crippen molar-refractivity contribution < 1.29 is 19.1 Å². The number of amides is 2. The van der Waals surface area contributed by atoms with Crippen LogP contribution in [0.4, 0.5) is 0 Å². The number of ether oxygens (including phenoxy) is 1. The van der Waals surface area contributed by atoms with Gasteiger partial charge in [-0.15, -0.1) is 0 Å². The molecule has 2 amide bonds. The van der Waals surface area contributed by atoms with Crippen LogP contribution in [0.2, 0.25) is 0 Å². The Hall–Kier alpha value is -4.07. The minimum Gasteiger partial charge on any atom is -0.462 e. The Morgan fingerprint density at radius 1 is 0.921 bits per heavy atom. The van der Waals surface area contributed by atoms with Gasteiger partial charge in [-0.1, -0.05) is 55.8 Å². The predicted octanol–water partition coefficient (Wildman–Crippen LogP) is 4.57. The van der Waals surface area contributed by atoms with Crippen molar-refractivity contribution in [2.75, 3.05) is 26.2 Å². The third-order valence-electron chi connectivity index (χ3n) is 6.68. The van der Waals surface area contributed by atoms with Gasteiger partial charge in [0.05, 0.1) is 12.3 Å². The molecule has 8 heteroatoms. The van der Waals surface area contributed by atoms with Gasteiger partial charge in [0.2, 0.25) is 0 Å². The average molecular weight is 515 g/mol. The van der Waals surface area contributed by atoms with Crippen LogP contribution < -0.4 is 0 Å². The minimum absolute atomic E-state index is 0.0699. The number of carbonyl (C=O) groups is 3. The van der Waals surface area contributed by atoms with Gasteiger partial charge in [0.25, 0.3) is 11.8 Å². The van der Waals surface area contributed by atoms with Gasteiger partial charge in [0, 0.05) is 31.2 Å². The zero-order chi connectivity index (χ0) is 27.2. The molecule has 38 heavy (non-hydrogen) atoms. The number of benzene rings is 2. The second-order valence-electron chi connectivity index (χ2n) is 9.45. The molecule has 1 unspecified atom stereocenters. The van der Waals surface area contributed by atoms with Crippen molar-refractivity contribution in [2.45, 2.75) is 46.6 Å². The molecule has 1 aliphatic rings. The van der Waals surface area contributed by atoms with Crippen molar-refractivity contribution in [3.63, 3.8) is 0 Å². The number of piperazine rings is 1. The van der Waals surface area contributed by atoms with Gasteiger partial charge in [-0.05, 0) is 50.5 Å². The number of hydrogen-bond acceptors (Lipinski definition) is 6. The summed E-state index contributed by atoms with van der Waals surface area (Å²) in [6, 6.07) is 17.4. The molecule has 4 rings (SSSR count). The SMILES string of the molecule is CCCc1nc(C)nc(C(=O)N2CCN(C(=O)c3ccc(-c4ccccc4)cc3)C(C)C2)c1C(=O)OCC. The lowest BCUT2D eigenvalue weighted by molar-refractivity contribution is 0.0405. The van der Waals surface area contributed by atoms with Gasteiger partial charge in [-0.25, -0.2) is 14.8 Å². The van der Waals surface area contributed by atoms with Crippen LogP contribution in [0.5, 0.6) is 0 Å². The summed E-state index contributed by atoms with van der Waals surface area (Å²) in [7, 11) is 0. The molecule has 1 saturated heterocycles. The molecule has 1 fully saturated rings. The van der Waals surface area contributed by atoms with E-state index in [4.69, 9.17) is 4.74 Å². The summed E-state index contributed by atoms with van der Waals surface area (Å²) >= 11 is 0. The monoisotopic (exact) mass is 514 g/mol. The Bertz CT molecular complexity index is 1310. The van der Waals surface area contributed by atoms with E-state index < -0.39 is 5.97 Å². The van der Waals surface area contributed by atoms with E-state index in [1.807, 2.05) is 68.4 Å². The van der Waals surface area contributed by atoms with Crippen molar-refractivity contribution in [2.24, 2.45) is 0 Å². The molecule has 0 N–H and O–H groups in total. The highest BCUT2D eigenvalue weighted by atomic mass is 16.5. The van der Waals surface area contributed by atoms with Crippen LogP contribution in [0.3, 0.4) is 0 Å². The van der Waals surface area contributed by atoms with Crippen molar-refractivity contribution in [1.82, 2.24) is 19.8 Å². The van der Waals surface area contributed by atoms with Crippen molar-refractivity contribution in [3.05, 3.63) is 82.9 Å². The van der Waals surface area contributed by atoms with E-state index in [0.29, 0.717) is 43.1 Å². The second-order valence-corrected chi connectivity index (χ2v) is 9.45. The quantitative estimate of drug-likeness (QED) is 0.429. The molecular weight excluding hydrogens is 480 g/mol. The summed E-state index contributed by atoms with van der Waals surface area (Å²) < 4.78 is 5.25. The molecule has 0 radical (unpaired) electrons. The van der Waals surface area contributed by atoms with Crippen LogP contribution in [0.15, 0.2) is 54.6 Å². The minimum atomic E-state index is -0.583. The zero-order valence-electron chi connectivity index (χ0n) is 22.4. The fraction of sp³-hybridized carbons (Fsp3) is 0.367. The Kier molecular flexibility index (Phi) is 8.51. The summed E-state index contributed by atoms with van der Waals surface area (Å²) in [5.41, 5.74) is 3.50. The number of aromatic nitrogens is 2. The zero-order valence-corrected chi connectivity index (χ0v) is 22.4. The van der Waals surface area contributed by atoms with Crippen LogP contribution in [-0.4, -0.2) is 69.8 Å². The van der Waals surface area contributed by atoms with E-state index in [0.717, 1.165) is 17.5 Å². The molecule has 8 nitrogen and oxygen atoms in total. The Balaban J connectivity index is 1.51. The Labute approximate surface area is 223 Å². The number of nitrogens with zero attached hydrogens (tertiary/aromatic N) is 4. The third-order valence-corrected chi connectivity index (χ3v) is 6.68. The van der Waals surface area contributed by atoms with E-state index >= 15 is 0 Å². The summed E-state index contributed by atoms with van der Waals surface area (Å²) in [6.45, 7) is 8.60. The molecule has 0 spiro atoms. The van der Waals surface area contributed by atoms with E-state index in [2.05, 4.69) is 9.97 Å². The second kappa shape index (κ2) is 12.0. The molecule has 1 atom stereocenters. The smallest absolute Gasteiger partial charge is 0.342 e. The Morgan fingerprint density at radius 2 is 1.61 bits per heavy atom. The van der Waals surface area contributed by atoms with E-state index in [-0.39, 0.29) is 35.7 Å². The van der Waals surface area contributed by atoms with E-state index in [1.165, 1.54) is 0 Å². The summed E-state index contributed by atoms with van der Waals surface area (Å²) in [5, 5.41) is 0. The van der Waals surface area contributed by atoms with Gasteiger partial charge in [0.1, 0.15) is 17.1 Å². The molecule has 3 aromatic rings. The van der Waals surface area contributed by atoms with Crippen molar-refractivity contribution in [1.29, 1.82) is 0 Å². The topological polar surface area (TPSA) is 92.7 Å². The lowest BCUT2D eigenvalue weighted by Gasteiger charge is -2.40. The van der Waals surface area contributed by atoms with Crippen molar-refractivity contribution in [3.8, 4) is 11.1 Å². The van der Waals surface area contributed by atoms with Crippen LogP contribution in [0.1, 0.15) is 69.9 Å². The normalized spacial score (nSPS) is 15.3. The van der Waals surface area contributed by atoms with Gasteiger partial charge < -0.3 is 14.5 Å². The first kappa shape index (κ1) is 27.0. The molecule has 0 saturated carbocycles.